The molecular formula is C11H16N2O5S. The van der Waals surface area contributed by atoms with Crippen LogP contribution in [0.3, 0.4) is 0 Å². The number of aromatic nitrogens is 1. The van der Waals surface area contributed by atoms with Crippen molar-refractivity contribution >= 4 is 22.1 Å². The van der Waals surface area contributed by atoms with Crippen LogP contribution in [-0.4, -0.2) is 32.7 Å². The van der Waals surface area contributed by atoms with Crippen LogP contribution in [0, 0.1) is 0 Å². The van der Waals surface area contributed by atoms with E-state index in [9.17, 15) is 13.2 Å². The third-order valence-electron chi connectivity index (χ3n) is 2.37. The normalized spacial score (nSPS) is 11.8. The summed E-state index contributed by atoms with van der Waals surface area (Å²) >= 11 is 0. The number of esters is 1. The third kappa shape index (κ3) is 3.36. The van der Waals surface area contributed by atoms with Crippen LogP contribution in [0.1, 0.15) is 23.0 Å². The van der Waals surface area contributed by atoms with Crippen LogP contribution in [0.25, 0.3) is 6.08 Å². The van der Waals surface area contributed by atoms with Gasteiger partial charge in [-0.3, -0.25) is 0 Å². The Morgan fingerprint density at radius 2 is 2.16 bits per heavy atom. The first kappa shape index (κ1) is 15.3. The maximum Gasteiger partial charge on any atom is 0.355 e. The minimum absolute atomic E-state index is 0.0856. The Balaban J connectivity index is 3.47. The number of hydrogen-bond acceptors (Lipinski definition) is 5. The first-order chi connectivity index (χ1) is 8.82. The molecule has 0 aliphatic carbocycles. The smallest absolute Gasteiger partial charge is 0.355 e. The quantitative estimate of drug-likeness (QED) is 0.627. The zero-order valence-corrected chi connectivity index (χ0v) is 11.7. The summed E-state index contributed by atoms with van der Waals surface area (Å²) in [5.41, 5.74) is 0.229. The van der Waals surface area contributed by atoms with Crippen molar-refractivity contribution in [3.8, 4) is 0 Å². The van der Waals surface area contributed by atoms with Gasteiger partial charge in [0.15, 0.2) is 0 Å². The monoisotopic (exact) mass is 288 g/mol. The third-order valence-corrected chi connectivity index (χ3v) is 3.31. The molecular weight excluding hydrogens is 272 g/mol. The van der Waals surface area contributed by atoms with Gasteiger partial charge in [0.05, 0.1) is 20.0 Å². The van der Waals surface area contributed by atoms with Gasteiger partial charge in [0, 0.05) is 18.8 Å². The number of carbonyl (C=O) groups is 1. The summed E-state index contributed by atoms with van der Waals surface area (Å²) in [6.07, 6.45) is 3.93. The van der Waals surface area contributed by atoms with E-state index in [0.29, 0.717) is 6.61 Å². The van der Waals surface area contributed by atoms with E-state index in [4.69, 9.17) is 9.88 Å². The van der Waals surface area contributed by atoms with Crippen LogP contribution in [-0.2, 0) is 26.5 Å². The molecule has 0 unspecified atom stereocenters. The van der Waals surface area contributed by atoms with E-state index in [0.717, 1.165) is 0 Å². The lowest BCUT2D eigenvalue weighted by molar-refractivity contribution is 0.0589. The van der Waals surface area contributed by atoms with E-state index in [1.54, 1.807) is 6.92 Å². The highest BCUT2D eigenvalue weighted by Gasteiger charge is 2.24. The van der Waals surface area contributed by atoms with Gasteiger partial charge in [-0.15, -0.1) is 0 Å². The van der Waals surface area contributed by atoms with E-state index in [1.807, 2.05) is 0 Å². The topological polar surface area (TPSA) is 101 Å². The fraction of sp³-hybridized carbons (Fsp3) is 0.364. The van der Waals surface area contributed by atoms with Crippen molar-refractivity contribution in [2.45, 2.75) is 11.8 Å². The molecule has 19 heavy (non-hydrogen) atoms. The van der Waals surface area contributed by atoms with Crippen LogP contribution in [0.4, 0.5) is 0 Å². The molecule has 1 aromatic heterocycles. The highest BCUT2D eigenvalue weighted by atomic mass is 32.2. The van der Waals surface area contributed by atoms with E-state index in [2.05, 4.69) is 4.74 Å². The van der Waals surface area contributed by atoms with Gasteiger partial charge in [0.1, 0.15) is 10.6 Å². The predicted molar refractivity (Wildman–Crippen MR) is 68.8 cm³/mol. The van der Waals surface area contributed by atoms with Crippen molar-refractivity contribution in [2.24, 2.45) is 12.2 Å². The summed E-state index contributed by atoms with van der Waals surface area (Å²) in [7, 11) is -1.21. The van der Waals surface area contributed by atoms with Gasteiger partial charge in [0.25, 0.3) is 0 Å². The number of rotatable bonds is 5. The Morgan fingerprint density at radius 1 is 1.53 bits per heavy atom. The molecule has 0 aliphatic rings. The predicted octanol–water partition coefficient (Wildman–Crippen LogP) is 0.466. The molecule has 2 N–H and O–H groups in total. The summed E-state index contributed by atoms with van der Waals surface area (Å²) in [6.45, 7) is 2.19. The maximum absolute atomic E-state index is 11.7. The van der Waals surface area contributed by atoms with Crippen molar-refractivity contribution in [1.82, 2.24) is 4.57 Å². The van der Waals surface area contributed by atoms with Gasteiger partial charge in [-0.2, -0.15) is 0 Å². The fourth-order valence-electron chi connectivity index (χ4n) is 1.57. The summed E-state index contributed by atoms with van der Waals surface area (Å²) in [5, 5.41) is 5.12. The van der Waals surface area contributed by atoms with Crippen molar-refractivity contribution in [3.63, 3.8) is 0 Å². The average molecular weight is 288 g/mol. The van der Waals surface area contributed by atoms with Crippen LogP contribution >= 0.6 is 0 Å². The number of hydrogen-bond donors (Lipinski definition) is 1. The van der Waals surface area contributed by atoms with Crippen LogP contribution in [0.5, 0.6) is 0 Å². The van der Waals surface area contributed by atoms with Gasteiger partial charge < -0.3 is 14.0 Å². The van der Waals surface area contributed by atoms with E-state index in [1.165, 1.54) is 37.3 Å². The number of sulfonamides is 1. The molecule has 0 saturated heterocycles. The molecule has 8 heteroatoms. The molecule has 0 aliphatic heterocycles. The molecule has 1 aromatic rings. The lowest BCUT2D eigenvalue weighted by atomic mass is 10.2. The summed E-state index contributed by atoms with van der Waals surface area (Å²) in [6, 6.07) is 0. The number of nitrogens with zero attached hydrogens (tertiary/aromatic N) is 1. The van der Waals surface area contributed by atoms with Crippen LogP contribution in [0.15, 0.2) is 17.4 Å². The van der Waals surface area contributed by atoms with Crippen molar-refractivity contribution in [2.75, 3.05) is 13.7 Å². The van der Waals surface area contributed by atoms with Crippen molar-refractivity contribution in [3.05, 3.63) is 23.7 Å². The second kappa shape index (κ2) is 5.89. The van der Waals surface area contributed by atoms with Crippen molar-refractivity contribution < 1.29 is 22.7 Å². The van der Waals surface area contributed by atoms with E-state index < -0.39 is 16.0 Å². The summed E-state index contributed by atoms with van der Waals surface area (Å²) < 4.78 is 34.0. The molecule has 0 spiro atoms. The standard InChI is InChI=1S/C11H16N2O5S/c1-4-18-6-5-8-9(19(12,15)16)7-13(2)10(8)11(14)17-3/h5-7H,4H2,1-3H3,(H2,12,15,16)/b6-5+. The van der Waals surface area contributed by atoms with Gasteiger partial charge >= 0.3 is 5.97 Å². The van der Waals surface area contributed by atoms with Gasteiger partial charge in [-0.25, -0.2) is 18.4 Å². The Morgan fingerprint density at radius 3 is 2.63 bits per heavy atom. The lowest BCUT2D eigenvalue weighted by Crippen LogP contribution is -2.13. The number of aryl methyl sites for hydroxylation is 1. The molecule has 0 fully saturated rings. The minimum Gasteiger partial charge on any atom is -0.501 e. The van der Waals surface area contributed by atoms with Crippen LogP contribution in [0.2, 0.25) is 0 Å². The Labute approximate surface area is 111 Å². The number of methoxy groups -OCH3 is 1. The second-order valence-corrected chi connectivity index (χ2v) is 5.19. The van der Waals surface area contributed by atoms with Gasteiger partial charge in [0.2, 0.25) is 10.0 Å². The average Bonchev–Trinajstić information content (AvgIpc) is 2.66. The number of primary sulfonamides is 1. The molecule has 0 saturated carbocycles. The summed E-state index contributed by atoms with van der Waals surface area (Å²) in [4.78, 5) is 11.5. The first-order valence-electron chi connectivity index (χ1n) is 5.41. The maximum atomic E-state index is 11.7. The molecule has 7 nitrogen and oxygen atoms in total. The molecule has 0 bridgehead atoms. The lowest BCUT2D eigenvalue weighted by Gasteiger charge is -2.03. The fourth-order valence-corrected chi connectivity index (χ4v) is 2.34. The zero-order valence-electron chi connectivity index (χ0n) is 10.9. The highest BCUT2D eigenvalue weighted by Crippen LogP contribution is 2.23. The second-order valence-electron chi connectivity index (χ2n) is 3.66. The molecule has 0 atom stereocenters. The minimum atomic E-state index is -3.95. The number of nitrogens with two attached hydrogens (primary N) is 1. The Hall–Kier alpha value is -1.80. The first-order valence-corrected chi connectivity index (χ1v) is 6.96. The molecule has 1 heterocycles. The molecule has 106 valence electrons. The van der Waals surface area contributed by atoms with Crippen LogP contribution < -0.4 is 5.14 Å². The largest absolute Gasteiger partial charge is 0.501 e. The Bertz CT molecular complexity index is 601. The van der Waals surface area contributed by atoms with E-state index >= 15 is 0 Å². The Kier molecular flexibility index (Phi) is 4.73. The molecule has 0 aromatic carbocycles. The SMILES string of the molecule is CCO/C=C/c1c(S(N)(=O)=O)cn(C)c1C(=O)OC. The number of ether oxygens (including phenoxy) is 2. The van der Waals surface area contributed by atoms with Gasteiger partial charge in [-0.05, 0) is 13.0 Å². The van der Waals surface area contributed by atoms with Gasteiger partial charge in [-0.1, -0.05) is 0 Å². The van der Waals surface area contributed by atoms with Crippen molar-refractivity contribution in [1.29, 1.82) is 0 Å². The summed E-state index contributed by atoms with van der Waals surface area (Å²) in [5.74, 6) is -0.659. The zero-order chi connectivity index (χ0) is 14.6. The highest BCUT2D eigenvalue weighted by molar-refractivity contribution is 7.89. The molecule has 1 rings (SSSR count). The molecule has 0 radical (unpaired) electrons. The number of carbonyl (C=O) groups excluding carboxylic acids is 1. The molecule has 0 amide bonds. The van der Waals surface area contributed by atoms with E-state index in [-0.39, 0.29) is 16.2 Å².